The minimum atomic E-state index is -0.440. The summed E-state index contributed by atoms with van der Waals surface area (Å²) in [6.07, 6.45) is -0.324. The minimum Gasteiger partial charge on any atom is -0.360 e. The van der Waals surface area contributed by atoms with Gasteiger partial charge in [-0.3, -0.25) is 14.4 Å². The predicted molar refractivity (Wildman–Crippen MR) is 135 cm³/mol. The third-order valence-corrected chi connectivity index (χ3v) is 5.71. The van der Waals surface area contributed by atoms with E-state index in [-0.39, 0.29) is 17.8 Å². The van der Waals surface area contributed by atoms with Gasteiger partial charge >= 0.3 is 0 Å². The van der Waals surface area contributed by atoms with E-state index in [2.05, 4.69) is 15.8 Å². The Morgan fingerprint density at radius 1 is 0.857 bits per heavy atom. The molecule has 0 radical (unpaired) electrons. The second-order valence-corrected chi connectivity index (χ2v) is 8.47. The average molecular weight is 508 g/mol. The molecular weight excluding hydrogens is 489 g/mol. The lowest BCUT2D eigenvalue weighted by Gasteiger charge is -2.08. The standard InChI is InChI=1S/C26H19Cl2N3O4/c1-15-24(25(31-35-15)20-4-2-3-5-21(20)28)26(34)30-19-10-6-16(7-11-19)22(32)14-23(33)29-18-12-8-17(27)9-13-18/h2-13H,14H2,1H3,(H,29,33)(H,30,34). The highest BCUT2D eigenvalue weighted by Crippen LogP contribution is 2.31. The van der Waals surface area contributed by atoms with Crippen LogP contribution in [0.5, 0.6) is 0 Å². The zero-order valence-corrected chi connectivity index (χ0v) is 20.0. The molecule has 0 bridgehead atoms. The molecule has 2 N–H and O–H groups in total. The van der Waals surface area contributed by atoms with Crippen LogP contribution in [0, 0.1) is 6.92 Å². The van der Waals surface area contributed by atoms with E-state index in [1.807, 2.05) is 0 Å². The first kappa shape index (κ1) is 24.2. The van der Waals surface area contributed by atoms with Gasteiger partial charge in [-0.05, 0) is 61.5 Å². The monoisotopic (exact) mass is 507 g/mol. The number of benzene rings is 3. The molecule has 0 unspecified atom stereocenters. The number of aromatic nitrogens is 1. The van der Waals surface area contributed by atoms with Crippen molar-refractivity contribution in [2.24, 2.45) is 0 Å². The Balaban J connectivity index is 1.42. The fourth-order valence-corrected chi connectivity index (χ4v) is 3.75. The number of amides is 2. The number of ketones is 1. The van der Waals surface area contributed by atoms with Crippen LogP contribution >= 0.6 is 23.2 Å². The molecule has 0 fully saturated rings. The molecule has 4 rings (SSSR count). The molecule has 4 aromatic rings. The summed E-state index contributed by atoms with van der Waals surface area (Å²) >= 11 is 12.1. The molecule has 0 aliphatic rings. The fourth-order valence-electron chi connectivity index (χ4n) is 3.40. The van der Waals surface area contributed by atoms with Crippen LogP contribution in [0.25, 0.3) is 11.3 Å². The lowest BCUT2D eigenvalue weighted by atomic mass is 10.0. The zero-order valence-electron chi connectivity index (χ0n) is 18.5. The van der Waals surface area contributed by atoms with Crippen molar-refractivity contribution in [3.63, 3.8) is 0 Å². The maximum absolute atomic E-state index is 13.0. The van der Waals surface area contributed by atoms with Gasteiger partial charge in [0, 0.05) is 27.5 Å². The first-order valence-electron chi connectivity index (χ1n) is 10.5. The predicted octanol–water partition coefficient (Wildman–Crippen LogP) is 6.42. The molecule has 9 heteroatoms. The molecule has 1 aromatic heterocycles. The van der Waals surface area contributed by atoms with E-state index >= 15 is 0 Å². The normalized spacial score (nSPS) is 10.6. The molecule has 0 atom stereocenters. The van der Waals surface area contributed by atoms with Crippen LogP contribution in [-0.4, -0.2) is 22.8 Å². The van der Waals surface area contributed by atoms with Crippen molar-refractivity contribution in [2.45, 2.75) is 13.3 Å². The van der Waals surface area contributed by atoms with Gasteiger partial charge in [-0.2, -0.15) is 0 Å². The van der Waals surface area contributed by atoms with Gasteiger partial charge in [0.15, 0.2) is 5.78 Å². The summed E-state index contributed by atoms with van der Waals surface area (Å²) in [6, 6.07) is 19.9. The largest absolute Gasteiger partial charge is 0.360 e. The topological polar surface area (TPSA) is 101 Å². The first-order valence-corrected chi connectivity index (χ1v) is 11.3. The summed E-state index contributed by atoms with van der Waals surface area (Å²) in [7, 11) is 0. The Kier molecular flexibility index (Phi) is 7.29. The van der Waals surface area contributed by atoms with Gasteiger partial charge in [-0.15, -0.1) is 0 Å². The number of anilines is 2. The Bertz CT molecular complexity index is 1400. The van der Waals surface area contributed by atoms with Crippen LogP contribution in [0.2, 0.25) is 10.0 Å². The van der Waals surface area contributed by atoms with Crippen molar-refractivity contribution in [3.05, 3.63) is 99.7 Å². The number of rotatable bonds is 7. The number of hydrogen-bond acceptors (Lipinski definition) is 5. The summed E-state index contributed by atoms with van der Waals surface area (Å²) in [5.41, 5.74) is 2.52. The van der Waals surface area contributed by atoms with E-state index in [9.17, 15) is 14.4 Å². The van der Waals surface area contributed by atoms with Gasteiger partial charge in [0.1, 0.15) is 17.0 Å². The van der Waals surface area contributed by atoms with Gasteiger partial charge in [0.05, 0.1) is 11.4 Å². The van der Waals surface area contributed by atoms with Crippen molar-refractivity contribution >= 4 is 52.2 Å². The third kappa shape index (κ3) is 5.77. The van der Waals surface area contributed by atoms with Crippen molar-refractivity contribution in [1.29, 1.82) is 0 Å². The highest BCUT2D eigenvalue weighted by Gasteiger charge is 2.23. The molecule has 176 valence electrons. The number of nitrogens with zero attached hydrogens (tertiary/aromatic N) is 1. The third-order valence-electron chi connectivity index (χ3n) is 5.13. The second-order valence-electron chi connectivity index (χ2n) is 7.63. The molecule has 3 aromatic carbocycles. The highest BCUT2D eigenvalue weighted by molar-refractivity contribution is 6.33. The maximum atomic E-state index is 13.0. The summed E-state index contributed by atoms with van der Waals surface area (Å²) in [6.45, 7) is 1.64. The van der Waals surface area contributed by atoms with Crippen LogP contribution < -0.4 is 10.6 Å². The quantitative estimate of drug-likeness (QED) is 0.222. The van der Waals surface area contributed by atoms with Crippen LogP contribution in [0.4, 0.5) is 11.4 Å². The summed E-state index contributed by atoms with van der Waals surface area (Å²) in [5.74, 6) is -0.883. The minimum absolute atomic E-state index is 0.261. The number of hydrogen-bond donors (Lipinski definition) is 2. The molecule has 0 aliphatic heterocycles. The van der Waals surface area contributed by atoms with E-state index in [4.69, 9.17) is 27.7 Å². The van der Waals surface area contributed by atoms with Gasteiger partial charge < -0.3 is 15.2 Å². The maximum Gasteiger partial charge on any atom is 0.261 e. The Morgan fingerprint density at radius 2 is 1.49 bits per heavy atom. The van der Waals surface area contributed by atoms with E-state index < -0.39 is 11.8 Å². The Labute approximate surface area is 211 Å². The number of halogens is 2. The molecule has 7 nitrogen and oxygen atoms in total. The van der Waals surface area contributed by atoms with Crippen LogP contribution in [0.15, 0.2) is 77.3 Å². The fraction of sp³-hybridized carbons (Fsp3) is 0.0769. The Morgan fingerprint density at radius 3 is 2.17 bits per heavy atom. The smallest absolute Gasteiger partial charge is 0.261 e. The van der Waals surface area contributed by atoms with Crippen molar-refractivity contribution in [1.82, 2.24) is 5.16 Å². The number of aryl methyl sites for hydroxylation is 1. The van der Waals surface area contributed by atoms with Crippen LogP contribution in [0.3, 0.4) is 0 Å². The molecule has 35 heavy (non-hydrogen) atoms. The summed E-state index contributed by atoms with van der Waals surface area (Å²) < 4.78 is 5.24. The van der Waals surface area contributed by atoms with Crippen molar-refractivity contribution < 1.29 is 18.9 Å². The lowest BCUT2D eigenvalue weighted by molar-refractivity contribution is -0.115. The molecule has 0 aliphatic carbocycles. The lowest BCUT2D eigenvalue weighted by Crippen LogP contribution is -2.17. The van der Waals surface area contributed by atoms with Crippen molar-refractivity contribution in [3.8, 4) is 11.3 Å². The van der Waals surface area contributed by atoms with E-state index in [0.29, 0.717) is 44.0 Å². The summed E-state index contributed by atoms with van der Waals surface area (Å²) in [4.78, 5) is 37.7. The first-order chi connectivity index (χ1) is 16.8. The molecule has 0 saturated carbocycles. The summed E-state index contributed by atoms with van der Waals surface area (Å²) in [5, 5.41) is 10.4. The number of Topliss-reactive ketones (excluding diaryl/α,β-unsaturated/α-hetero) is 1. The number of carbonyl (C=O) groups excluding carboxylic acids is 3. The van der Waals surface area contributed by atoms with Gasteiger partial charge in [-0.1, -0.05) is 46.6 Å². The highest BCUT2D eigenvalue weighted by atomic mass is 35.5. The SMILES string of the molecule is Cc1onc(-c2ccccc2Cl)c1C(=O)Nc1ccc(C(=O)CC(=O)Nc2ccc(Cl)cc2)cc1. The van der Waals surface area contributed by atoms with Crippen LogP contribution in [0.1, 0.15) is 32.9 Å². The number of nitrogens with one attached hydrogen (secondary N) is 2. The second kappa shape index (κ2) is 10.5. The van der Waals surface area contributed by atoms with E-state index in [1.165, 1.54) is 0 Å². The zero-order chi connectivity index (χ0) is 24.9. The van der Waals surface area contributed by atoms with Gasteiger partial charge in [0.2, 0.25) is 5.91 Å². The molecular formula is C26H19Cl2N3O4. The molecule has 2 amide bonds. The van der Waals surface area contributed by atoms with E-state index in [0.717, 1.165) is 0 Å². The molecule has 1 heterocycles. The molecule has 0 spiro atoms. The number of carbonyl (C=O) groups is 3. The van der Waals surface area contributed by atoms with Gasteiger partial charge in [-0.25, -0.2) is 0 Å². The van der Waals surface area contributed by atoms with Crippen LogP contribution in [-0.2, 0) is 4.79 Å². The van der Waals surface area contributed by atoms with E-state index in [1.54, 1.807) is 79.7 Å². The van der Waals surface area contributed by atoms with Gasteiger partial charge in [0.25, 0.3) is 5.91 Å². The Hall–Kier alpha value is -3.94. The molecule has 0 saturated heterocycles. The average Bonchev–Trinajstić information content (AvgIpc) is 3.22. The van der Waals surface area contributed by atoms with Crippen molar-refractivity contribution in [2.75, 3.05) is 10.6 Å².